The average molecular weight is 317 g/mol. The maximum Gasteiger partial charge on any atom is 0.274 e. The van der Waals surface area contributed by atoms with Crippen molar-refractivity contribution in [3.63, 3.8) is 0 Å². The first-order valence-corrected chi connectivity index (χ1v) is 8.77. The van der Waals surface area contributed by atoms with Gasteiger partial charge in [-0.05, 0) is 40.5 Å². The number of nitrogens with zero attached hydrogens (tertiary/aromatic N) is 3. The van der Waals surface area contributed by atoms with E-state index in [1.54, 1.807) is 0 Å². The zero-order valence-electron chi connectivity index (χ0n) is 13.5. The molecule has 0 aromatic carbocycles. The van der Waals surface area contributed by atoms with Crippen molar-refractivity contribution in [2.24, 2.45) is 0 Å². The number of aliphatic hydroxyl groups excluding tert-OH is 1. The molecule has 1 unspecified atom stereocenters. The Morgan fingerprint density at radius 3 is 2.43 bits per heavy atom. The maximum atomic E-state index is 9.67. The van der Waals surface area contributed by atoms with Gasteiger partial charge in [0.2, 0.25) is 0 Å². The SMILES string of the molecule is CC(C)OP(OCCC#N)N(C(C)C)N1CCC(O)CC1. The number of piperidine rings is 1. The molecule has 0 bridgehead atoms. The van der Waals surface area contributed by atoms with Crippen molar-refractivity contribution in [1.82, 2.24) is 9.79 Å². The summed E-state index contributed by atoms with van der Waals surface area (Å²) >= 11 is 0. The highest BCUT2D eigenvalue weighted by Crippen LogP contribution is 2.47. The number of hydrogen-bond acceptors (Lipinski definition) is 6. The third kappa shape index (κ3) is 6.56. The molecule has 1 saturated heterocycles. The number of rotatable bonds is 8. The largest absolute Gasteiger partial charge is 0.393 e. The first kappa shape index (κ1) is 18.8. The highest BCUT2D eigenvalue weighted by molar-refractivity contribution is 7.44. The second-order valence-corrected chi connectivity index (χ2v) is 7.09. The van der Waals surface area contributed by atoms with E-state index in [9.17, 15) is 5.11 Å². The van der Waals surface area contributed by atoms with Crippen LogP contribution < -0.4 is 0 Å². The van der Waals surface area contributed by atoms with Crippen LogP contribution in [0, 0.1) is 11.3 Å². The molecule has 21 heavy (non-hydrogen) atoms. The van der Waals surface area contributed by atoms with Crippen molar-refractivity contribution < 1.29 is 14.2 Å². The van der Waals surface area contributed by atoms with Crippen LogP contribution in [0.15, 0.2) is 0 Å². The quantitative estimate of drug-likeness (QED) is 0.548. The zero-order valence-corrected chi connectivity index (χ0v) is 14.4. The van der Waals surface area contributed by atoms with Gasteiger partial charge in [-0.1, -0.05) is 0 Å². The minimum Gasteiger partial charge on any atom is -0.393 e. The second kappa shape index (κ2) is 9.68. The van der Waals surface area contributed by atoms with E-state index in [0.29, 0.717) is 13.0 Å². The van der Waals surface area contributed by atoms with Gasteiger partial charge in [-0.2, -0.15) is 10.0 Å². The fourth-order valence-corrected chi connectivity index (χ4v) is 3.81. The van der Waals surface area contributed by atoms with Crippen molar-refractivity contribution in [1.29, 1.82) is 5.26 Å². The summed E-state index contributed by atoms with van der Waals surface area (Å²) < 4.78 is 13.9. The lowest BCUT2D eigenvalue weighted by Gasteiger charge is -2.43. The highest BCUT2D eigenvalue weighted by atomic mass is 31.2. The molecule has 0 spiro atoms. The van der Waals surface area contributed by atoms with Gasteiger partial charge in [0.05, 0.1) is 31.3 Å². The smallest absolute Gasteiger partial charge is 0.274 e. The number of nitriles is 1. The normalized spacial score (nSPS) is 19.4. The lowest BCUT2D eigenvalue weighted by atomic mass is 10.1. The summed E-state index contributed by atoms with van der Waals surface area (Å²) in [6, 6.07) is 2.34. The third-order valence-corrected chi connectivity index (χ3v) is 5.13. The topological polar surface area (TPSA) is 69.0 Å². The van der Waals surface area contributed by atoms with Crippen molar-refractivity contribution in [2.75, 3.05) is 19.7 Å². The maximum absolute atomic E-state index is 9.67. The third-order valence-electron chi connectivity index (χ3n) is 3.08. The zero-order chi connectivity index (χ0) is 15.8. The van der Waals surface area contributed by atoms with Crippen molar-refractivity contribution in [3.05, 3.63) is 0 Å². The Balaban J connectivity index is 2.73. The first-order chi connectivity index (χ1) is 9.95. The van der Waals surface area contributed by atoms with E-state index in [4.69, 9.17) is 14.3 Å². The van der Waals surface area contributed by atoms with E-state index in [0.717, 1.165) is 25.9 Å². The number of hydrazine groups is 1. The van der Waals surface area contributed by atoms with E-state index in [2.05, 4.69) is 29.7 Å². The first-order valence-electron chi connectivity index (χ1n) is 7.64. The molecule has 0 aromatic rings. The van der Waals surface area contributed by atoms with Gasteiger partial charge in [-0.25, -0.2) is 5.01 Å². The molecule has 1 atom stereocenters. The van der Waals surface area contributed by atoms with Crippen LogP contribution in [0.3, 0.4) is 0 Å². The molecule has 1 aliphatic rings. The standard InChI is InChI=1S/C14H28N3O3P/c1-12(2)17(16-9-6-14(18)7-10-16)21(20-13(3)4)19-11-5-8-15/h12-14,18H,5-7,9-11H2,1-4H3. The number of aliphatic hydroxyl groups is 1. The summed E-state index contributed by atoms with van der Waals surface area (Å²) in [6.07, 6.45) is 1.77. The van der Waals surface area contributed by atoms with Crippen LogP contribution in [0.2, 0.25) is 0 Å². The van der Waals surface area contributed by atoms with Crippen LogP contribution in [0.4, 0.5) is 0 Å². The van der Waals surface area contributed by atoms with Gasteiger partial charge >= 0.3 is 0 Å². The lowest BCUT2D eigenvalue weighted by Crippen LogP contribution is -2.48. The highest BCUT2D eigenvalue weighted by Gasteiger charge is 2.33. The van der Waals surface area contributed by atoms with E-state index in [-0.39, 0.29) is 18.2 Å². The molecule has 1 N–H and O–H groups in total. The predicted molar refractivity (Wildman–Crippen MR) is 83.1 cm³/mol. The van der Waals surface area contributed by atoms with Gasteiger partial charge in [0.1, 0.15) is 0 Å². The van der Waals surface area contributed by atoms with Gasteiger partial charge in [0.15, 0.2) is 0 Å². The van der Waals surface area contributed by atoms with Gasteiger partial charge in [0, 0.05) is 19.1 Å². The summed E-state index contributed by atoms with van der Waals surface area (Å²) in [5.41, 5.74) is 0. The van der Waals surface area contributed by atoms with Crippen LogP contribution >= 0.6 is 8.53 Å². The molecule has 7 heteroatoms. The monoisotopic (exact) mass is 317 g/mol. The van der Waals surface area contributed by atoms with Crippen LogP contribution in [-0.2, 0) is 9.05 Å². The molecule has 1 rings (SSSR count). The van der Waals surface area contributed by atoms with Crippen molar-refractivity contribution in [3.8, 4) is 6.07 Å². The summed E-state index contributed by atoms with van der Waals surface area (Å²) in [5, 5.41) is 20.6. The Bertz CT molecular complexity index is 328. The van der Waals surface area contributed by atoms with Gasteiger partial charge in [-0.3, -0.25) is 0 Å². The molecule has 0 aromatic heterocycles. The molecule has 1 fully saturated rings. The minimum absolute atomic E-state index is 0.0647. The van der Waals surface area contributed by atoms with Crippen LogP contribution in [0.5, 0.6) is 0 Å². The van der Waals surface area contributed by atoms with Crippen molar-refractivity contribution >= 4 is 8.53 Å². The van der Waals surface area contributed by atoms with Gasteiger partial charge in [0.25, 0.3) is 8.53 Å². The summed E-state index contributed by atoms with van der Waals surface area (Å²) in [7, 11) is -1.23. The Morgan fingerprint density at radius 1 is 1.33 bits per heavy atom. The molecule has 1 heterocycles. The molecule has 0 saturated carbocycles. The Morgan fingerprint density at radius 2 is 1.95 bits per heavy atom. The Kier molecular flexibility index (Phi) is 8.65. The average Bonchev–Trinajstić information content (AvgIpc) is 2.40. The molecule has 0 aliphatic carbocycles. The predicted octanol–water partition coefficient (Wildman–Crippen LogP) is 2.65. The fraction of sp³-hybridized carbons (Fsp3) is 0.929. The number of hydrogen-bond donors (Lipinski definition) is 1. The van der Waals surface area contributed by atoms with Crippen molar-refractivity contribution in [2.45, 2.75) is 65.2 Å². The Hall–Kier alpha value is -0.280. The molecule has 0 amide bonds. The fourth-order valence-electron chi connectivity index (χ4n) is 2.16. The second-order valence-electron chi connectivity index (χ2n) is 5.73. The van der Waals surface area contributed by atoms with Gasteiger partial charge in [-0.15, -0.1) is 0 Å². The Labute approximate surface area is 129 Å². The summed E-state index contributed by atoms with van der Waals surface area (Å²) in [6.45, 7) is 10.2. The van der Waals surface area contributed by atoms with E-state index in [1.807, 2.05) is 13.8 Å². The van der Waals surface area contributed by atoms with Crippen LogP contribution in [-0.4, -0.2) is 52.8 Å². The molecular weight excluding hydrogens is 289 g/mol. The molecule has 122 valence electrons. The molecular formula is C14H28N3O3P. The summed E-state index contributed by atoms with van der Waals surface area (Å²) in [4.78, 5) is 0. The van der Waals surface area contributed by atoms with Crippen LogP contribution in [0.25, 0.3) is 0 Å². The van der Waals surface area contributed by atoms with E-state index < -0.39 is 8.53 Å². The van der Waals surface area contributed by atoms with E-state index >= 15 is 0 Å². The molecule has 1 aliphatic heterocycles. The van der Waals surface area contributed by atoms with E-state index in [1.165, 1.54) is 0 Å². The lowest BCUT2D eigenvalue weighted by molar-refractivity contribution is -0.0391. The summed E-state index contributed by atoms with van der Waals surface area (Å²) in [5.74, 6) is 0. The van der Waals surface area contributed by atoms with Crippen LogP contribution in [0.1, 0.15) is 47.0 Å². The minimum atomic E-state index is -1.23. The molecule has 6 nitrogen and oxygen atoms in total. The van der Waals surface area contributed by atoms with Gasteiger partial charge < -0.3 is 14.2 Å². The molecule has 0 radical (unpaired) electrons.